The molecule has 1 fully saturated rings. The first-order valence-electron chi connectivity index (χ1n) is 7.28. The van der Waals surface area contributed by atoms with Gasteiger partial charge in [-0.05, 0) is 24.6 Å². The van der Waals surface area contributed by atoms with Crippen molar-refractivity contribution in [2.24, 2.45) is 5.92 Å². The molecule has 1 N–H and O–H groups in total. The number of methoxy groups -OCH3 is 1. The molecule has 3 rings (SSSR count). The van der Waals surface area contributed by atoms with E-state index >= 15 is 0 Å². The summed E-state index contributed by atoms with van der Waals surface area (Å²) in [7, 11) is 1.64. The van der Waals surface area contributed by atoms with Crippen LogP contribution in [0.4, 0.5) is 5.69 Å². The number of ether oxygens (including phenoxy) is 2. The Bertz CT molecular complexity index is 739. The number of anilines is 1. The highest BCUT2D eigenvalue weighted by molar-refractivity contribution is 8.01. The van der Waals surface area contributed by atoms with Crippen LogP contribution in [0.3, 0.4) is 0 Å². The van der Waals surface area contributed by atoms with Crippen molar-refractivity contribution in [2.75, 3.05) is 31.6 Å². The number of fused-ring (bicyclic) bond motifs is 1. The molecule has 0 bridgehead atoms. The highest BCUT2D eigenvalue weighted by Crippen LogP contribution is 2.53. The van der Waals surface area contributed by atoms with Crippen molar-refractivity contribution in [3.63, 3.8) is 0 Å². The summed E-state index contributed by atoms with van der Waals surface area (Å²) in [5, 5.41) is 2.85. The zero-order valence-corrected chi connectivity index (χ0v) is 16.0. The van der Waals surface area contributed by atoms with E-state index in [-0.39, 0.29) is 11.8 Å². The summed E-state index contributed by atoms with van der Waals surface area (Å²) in [5.74, 6) is 0.0421. The minimum Gasteiger partial charge on any atom is -0.382 e. The molecule has 1 aliphatic carbocycles. The second kappa shape index (κ2) is 7.76. The number of hydrogen-bond donors (Lipinski definition) is 1. The monoisotopic (exact) mass is 406 g/mol. The van der Waals surface area contributed by atoms with E-state index in [1.165, 1.54) is 11.8 Å². The van der Waals surface area contributed by atoms with Crippen molar-refractivity contribution in [2.45, 2.75) is 15.1 Å². The third-order valence-corrected chi connectivity index (χ3v) is 6.35. The zero-order chi connectivity index (χ0) is 17.2. The molecule has 5 nitrogen and oxygen atoms in total. The first-order valence-corrected chi connectivity index (χ1v) is 9.84. The molecule has 1 saturated carbocycles. The summed E-state index contributed by atoms with van der Waals surface area (Å²) in [4.78, 5) is 16.6. The molecular formula is C15H16Cl2N2O3S2. The lowest BCUT2D eigenvalue weighted by Gasteiger charge is -2.04. The molecule has 1 unspecified atom stereocenters. The predicted octanol–water partition coefficient (Wildman–Crippen LogP) is 4.14. The van der Waals surface area contributed by atoms with Gasteiger partial charge in [0.25, 0.3) is 0 Å². The van der Waals surface area contributed by atoms with E-state index in [1.807, 2.05) is 18.2 Å². The second-order valence-corrected chi connectivity index (χ2v) is 9.08. The van der Waals surface area contributed by atoms with Crippen molar-refractivity contribution in [1.82, 2.24) is 4.98 Å². The van der Waals surface area contributed by atoms with Gasteiger partial charge in [-0.3, -0.25) is 4.79 Å². The standard InChI is InChI=1S/C15H16Cl2N2O3S2/c1-21-4-5-22-8-23-14-19-11-3-2-9(6-12(11)24-14)18-13(20)10-7-15(10,16)17/h2-3,6,10H,4-5,7-8H2,1H3,(H,18,20). The van der Waals surface area contributed by atoms with Gasteiger partial charge in [-0.1, -0.05) is 11.8 Å². The molecule has 1 amide bonds. The minimum atomic E-state index is -0.911. The molecule has 130 valence electrons. The average Bonchev–Trinajstić information content (AvgIpc) is 3.00. The Kier molecular flexibility index (Phi) is 5.89. The number of nitrogens with zero attached hydrogens (tertiary/aromatic N) is 1. The molecule has 1 aliphatic rings. The smallest absolute Gasteiger partial charge is 0.230 e. The van der Waals surface area contributed by atoms with Crippen LogP contribution in [0.1, 0.15) is 6.42 Å². The van der Waals surface area contributed by atoms with Crippen molar-refractivity contribution in [3.05, 3.63) is 18.2 Å². The van der Waals surface area contributed by atoms with Crippen molar-refractivity contribution < 1.29 is 14.3 Å². The summed E-state index contributed by atoms with van der Waals surface area (Å²) in [6.45, 7) is 1.14. The van der Waals surface area contributed by atoms with Gasteiger partial charge in [0.1, 0.15) is 4.33 Å². The van der Waals surface area contributed by atoms with Gasteiger partial charge >= 0.3 is 0 Å². The number of nitrogens with one attached hydrogen (secondary N) is 1. The van der Waals surface area contributed by atoms with E-state index in [0.717, 1.165) is 20.2 Å². The molecule has 0 radical (unpaired) electrons. The lowest BCUT2D eigenvalue weighted by atomic mass is 10.3. The zero-order valence-electron chi connectivity index (χ0n) is 12.9. The SMILES string of the molecule is COCCOCSc1nc2ccc(NC(=O)C3CC3(Cl)Cl)cc2s1. The Morgan fingerprint density at radius 1 is 1.50 bits per heavy atom. The van der Waals surface area contributed by atoms with Gasteiger partial charge in [-0.25, -0.2) is 4.98 Å². The summed E-state index contributed by atoms with van der Waals surface area (Å²) >= 11 is 14.9. The summed E-state index contributed by atoms with van der Waals surface area (Å²) in [6, 6.07) is 5.63. The molecule has 9 heteroatoms. The average molecular weight is 407 g/mol. The Hall–Kier alpha value is -0.570. The number of thiazole rings is 1. The van der Waals surface area contributed by atoms with E-state index in [2.05, 4.69) is 10.3 Å². The number of hydrogen-bond acceptors (Lipinski definition) is 6. The van der Waals surface area contributed by atoms with Crippen LogP contribution in [0.5, 0.6) is 0 Å². The van der Waals surface area contributed by atoms with Crippen LogP contribution >= 0.6 is 46.3 Å². The normalized spacial score (nSPS) is 18.7. The third-order valence-electron chi connectivity index (χ3n) is 3.48. The Morgan fingerprint density at radius 3 is 3.00 bits per heavy atom. The Balaban J connectivity index is 1.58. The third kappa shape index (κ3) is 4.53. The molecule has 24 heavy (non-hydrogen) atoms. The number of halogens is 2. The van der Waals surface area contributed by atoms with E-state index in [9.17, 15) is 4.79 Å². The number of rotatable bonds is 8. The lowest BCUT2D eigenvalue weighted by Crippen LogP contribution is -2.16. The van der Waals surface area contributed by atoms with Gasteiger partial charge in [-0.15, -0.1) is 34.5 Å². The Morgan fingerprint density at radius 2 is 2.29 bits per heavy atom. The minimum absolute atomic E-state index is 0.148. The van der Waals surface area contributed by atoms with Gasteiger partial charge in [0.2, 0.25) is 5.91 Å². The maximum atomic E-state index is 12.0. The quantitative estimate of drug-likeness (QED) is 0.309. The molecule has 0 spiro atoms. The molecule has 0 saturated heterocycles. The number of thioether (sulfide) groups is 1. The Labute approximate surface area is 158 Å². The first kappa shape index (κ1) is 18.2. The highest BCUT2D eigenvalue weighted by Gasteiger charge is 2.56. The van der Waals surface area contributed by atoms with Crippen LogP contribution in [0, 0.1) is 5.92 Å². The fraction of sp³-hybridized carbons (Fsp3) is 0.467. The number of benzene rings is 1. The number of carbonyl (C=O) groups is 1. The van der Waals surface area contributed by atoms with Crippen molar-refractivity contribution in [1.29, 1.82) is 0 Å². The van der Waals surface area contributed by atoms with Gasteiger partial charge in [0.05, 0.1) is 35.3 Å². The predicted molar refractivity (Wildman–Crippen MR) is 99.3 cm³/mol. The largest absolute Gasteiger partial charge is 0.382 e. The number of aromatic nitrogens is 1. The van der Waals surface area contributed by atoms with Gasteiger partial charge < -0.3 is 14.8 Å². The highest BCUT2D eigenvalue weighted by atomic mass is 35.5. The van der Waals surface area contributed by atoms with E-state index < -0.39 is 4.33 Å². The fourth-order valence-electron chi connectivity index (χ4n) is 2.06. The van der Waals surface area contributed by atoms with E-state index in [1.54, 1.807) is 18.4 Å². The fourth-order valence-corrected chi connectivity index (χ4v) is 4.42. The molecule has 1 atom stereocenters. The second-order valence-electron chi connectivity index (χ2n) is 5.33. The van der Waals surface area contributed by atoms with E-state index in [0.29, 0.717) is 25.6 Å². The van der Waals surface area contributed by atoms with Gasteiger partial charge in [0.15, 0.2) is 4.34 Å². The summed E-state index contributed by atoms with van der Waals surface area (Å²) in [5.41, 5.74) is 1.62. The number of amides is 1. The van der Waals surface area contributed by atoms with Gasteiger partial charge in [-0.2, -0.15) is 0 Å². The molecule has 0 aliphatic heterocycles. The van der Waals surface area contributed by atoms with Gasteiger partial charge in [0, 0.05) is 12.8 Å². The van der Waals surface area contributed by atoms with Crippen LogP contribution < -0.4 is 5.32 Å². The first-order chi connectivity index (χ1) is 11.5. The topological polar surface area (TPSA) is 60.5 Å². The number of carbonyl (C=O) groups excluding carboxylic acids is 1. The molecule has 2 aromatic rings. The maximum absolute atomic E-state index is 12.0. The van der Waals surface area contributed by atoms with Crippen molar-refractivity contribution >= 4 is 68.1 Å². The maximum Gasteiger partial charge on any atom is 0.230 e. The molecular weight excluding hydrogens is 391 g/mol. The summed E-state index contributed by atoms with van der Waals surface area (Å²) < 4.78 is 11.4. The molecule has 1 aromatic heterocycles. The van der Waals surface area contributed by atoms with Crippen LogP contribution in [-0.4, -0.2) is 41.5 Å². The van der Waals surface area contributed by atoms with Crippen molar-refractivity contribution in [3.8, 4) is 0 Å². The van der Waals surface area contributed by atoms with Crippen LogP contribution in [-0.2, 0) is 14.3 Å². The van der Waals surface area contributed by atoms with Crippen LogP contribution in [0.25, 0.3) is 10.2 Å². The lowest BCUT2D eigenvalue weighted by molar-refractivity contribution is -0.117. The summed E-state index contributed by atoms with van der Waals surface area (Å²) in [6.07, 6.45) is 0.495. The molecule has 1 heterocycles. The number of alkyl halides is 2. The van der Waals surface area contributed by atoms with Crippen LogP contribution in [0.15, 0.2) is 22.5 Å². The van der Waals surface area contributed by atoms with Crippen LogP contribution in [0.2, 0.25) is 0 Å². The molecule has 1 aromatic carbocycles. The van der Waals surface area contributed by atoms with E-state index in [4.69, 9.17) is 32.7 Å².